The Hall–Kier alpha value is -1.69. The SMILES string of the molecule is CCCOc1ccnc(CC(=O)NC(C)C23CC(CO2)C3)n1. The summed E-state index contributed by atoms with van der Waals surface area (Å²) in [6.07, 6.45) is 4.82. The number of amides is 1. The van der Waals surface area contributed by atoms with Crippen LogP contribution in [0, 0.1) is 5.92 Å². The van der Waals surface area contributed by atoms with E-state index in [1.165, 1.54) is 0 Å². The van der Waals surface area contributed by atoms with E-state index in [2.05, 4.69) is 15.3 Å². The van der Waals surface area contributed by atoms with Crippen LogP contribution in [0.4, 0.5) is 0 Å². The van der Waals surface area contributed by atoms with Gasteiger partial charge in [-0.3, -0.25) is 4.79 Å². The maximum absolute atomic E-state index is 12.2. The molecule has 2 saturated heterocycles. The molecular weight excluding hydrogens is 282 g/mol. The van der Waals surface area contributed by atoms with Gasteiger partial charge in [0.15, 0.2) is 0 Å². The van der Waals surface area contributed by atoms with Crippen molar-refractivity contribution in [2.45, 2.75) is 51.2 Å². The summed E-state index contributed by atoms with van der Waals surface area (Å²) in [5.41, 5.74) is -0.132. The van der Waals surface area contributed by atoms with Crippen LogP contribution in [0.2, 0.25) is 0 Å². The lowest BCUT2D eigenvalue weighted by Gasteiger charge is -2.41. The highest BCUT2D eigenvalue weighted by Crippen LogP contribution is 2.50. The molecule has 22 heavy (non-hydrogen) atoms. The monoisotopic (exact) mass is 305 g/mol. The normalized spacial score (nSPS) is 27.1. The molecule has 3 aliphatic rings. The van der Waals surface area contributed by atoms with Gasteiger partial charge in [-0.1, -0.05) is 6.92 Å². The van der Waals surface area contributed by atoms with Crippen LogP contribution in [0.5, 0.6) is 5.88 Å². The number of fused-ring (bicyclic) bond motifs is 1. The van der Waals surface area contributed by atoms with Crippen LogP contribution in [0.15, 0.2) is 12.3 Å². The largest absolute Gasteiger partial charge is 0.478 e. The molecule has 3 fully saturated rings. The van der Waals surface area contributed by atoms with Crippen molar-refractivity contribution in [2.24, 2.45) is 5.92 Å². The zero-order valence-electron chi connectivity index (χ0n) is 13.2. The molecule has 0 spiro atoms. The average Bonchev–Trinajstić information content (AvgIpc) is 3.06. The molecule has 2 bridgehead atoms. The van der Waals surface area contributed by atoms with E-state index in [9.17, 15) is 4.79 Å². The molecular formula is C16H23N3O3. The Morgan fingerprint density at radius 2 is 2.41 bits per heavy atom. The fraction of sp³-hybridized carbons (Fsp3) is 0.688. The Morgan fingerprint density at radius 3 is 3.09 bits per heavy atom. The van der Waals surface area contributed by atoms with Crippen molar-refractivity contribution in [1.29, 1.82) is 0 Å². The smallest absolute Gasteiger partial charge is 0.227 e. The number of nitrogens with one attached hydrogen (secondary N) is 1. The molecule has 120 valence electrons. The molecule has 1 unspecified atom stereocenters. The van der Waals surface area contributed by atoms with Crippen molar-refractivity contribution in [1.82, 2.24) is 15.3 Å². The van der Waals surface area contributed by atoms with Gasteiger partial charge < -0.3 is 14.8 Å². The molecule has 0 aromatic carbocycles. The van der Waals surface area contributed by atoms with Gasteiger partial charge in [0.25, 0.3) is 0 Å². The summed E-state index contributed by atoms with van der Waals surface area (Å²) in [5.74, 6) is 1.62. The van der Waals surface area contributed by atoms with E-state index in [1.54, 1.807) is 12.3 Å². The molecule has 1 aliphatic carbocycles. The third-order valence-electron chi connectivity index (χ3n) is 4.49. The van der Waals surface area contributed by atoms with Gasteiger partial charge in [-0.2, -0.15) is 4.98 Å². The topological polar surface area (TPSA) is 73.3 Å². The van der Waals surface area contributed by atoms with E-state index in [-0.39, 0.29) is 24.0 Å². The first kappa shape index (κ1) is 15.2. The summed E-state index contributed by atoms with van der Waals surface area (Å²) in [7, 11) is 0. The molecule has 0 radical (unpaired) electrons. The van der Waals surface area contributed by atoms with Gasteiger partial charge in [-0.15, -0.1) is 0 Å². The van der Waals surface area contributed by atoms with Crippen LogP contribution in [-0.2, 0) is 16.0 Å². The number of carbonyl (C=O) groups is 1. The molecule has 3 heterocycles. The number of rotatable bonds is 7. The minimum atomic E-state index is -0.132. The number of aromatic nitrogens is 2. The summed E-state index contributed by atoms with van der Waals surface area (Å²) in [4.78, 5) is 20.6. The second kappa shape index (κ2) is 6.20. The minimum absolute atomic E-state index is 0.0262. The first-order valence-electron chi connectivity index (χ1n) is 7.99. The summed E-state index contributed by atoms with van der Waals surface area (Å²) in [6.45, 7) is 5.49. The molecule has 6 nitrogen and oxygen atoms in total. The average molecular weight is 305 g/mol. The molecule has 1 N–H and O–H groups in total. The quantitative estimate of drug-likeness (QED) is 0.826. The first-order chi connectivity index (χ1) is 10.6. The van der Waals surface area contributed by atoms with Crippen LogP contribution in [-0.4, -0.2) is 40.7 Å². The van der Waals surface area contributed by atoms with Crippen LogP contribution in [0.1, 0.15) is 38.9 Å². The lowest BCUT2D eigenvalue weighted by atomic mass is 9.71. The number of hydrogen-bond donors (Lipinski definition) is 1. The fourth-order valence-corrected chi connectivity index (χ4v) is 3.24. The Balaban J connectivity index is 1.53. The van der Waals surface area contributed by atoms with Crippen molar-refractivity contribution in [3.05, 3.63) is 18.1 Å². The predicted octanol–water partition coefficient (Wildman–Crippen LogP) is 1.49. The molecule has 6 heteroatoms. The van der Waals surface area contributed by atoms with Gasteiger partial charge in [0.1, 0.15) is 5.82 Å². The van der Waals surface area contributed by atoms with E-state index in [1.807, 2.05) is 13.8 Å². The van der Waals surface area contributed by atoms with Crippen LogP contribution < -0.4 is 10.1 Å². The highest BCUT2D eigenvalue weighted by molar-refractivity contribution is 5.78. The molecule has 1 aromatic heterocycles. The molecule has 1 saturated carbocycles. The number of hydrogen-bond acceptors (Lipinski definition) is 5. The lowest BCUT2D eigenvalue weighted by molar-refractivity contribution is -0.124. The van der Waals surface area contributed by atoms with E-state index >= 15 is 0 Å². The summed E-state index contributed by atoms with van der Waals surface area (Å²) in [5, 5.41) is 3.03. The van der Waals surface area contributed by atoms with Gasteiger partial charge in [-0.25, -0.2) is 4.98 Å². The second-order valence-electron chi connectivity index (χ2n) is 6.28. The Kier molecular flexibility index (Phi) is 4.29. The minimum Gasteiger partial charge on any atom is -0.478 e. The first-order valence-corrected chi connectivity index (χ1v) is 7.99. The zero-order valence-corrected chi connectivity index (χ0v) is 13.2. The highest BCUT2D eigenvalue weighted by atomic mass is 16.5. The van der Waals surface area contributed by atoms with Crippen LogP contribution in [0.3, 0.4) is 0 Å². The van der Waals surface area contributed by atoms with Gasteiger partial charge in [0, 0.05) is 12.3 Å². The van der Waals surface area contributed by atoms with Gasteiger partial charge in [0.2, 0.25) is 11.8 Å². The lowest BCUT2D eigenvalue weighted by Crippen LogP contribution is -2.54. The van der Waals surface area contributed by atoms with Crippen LogP contribution in [0.25, 0.3) is 0 Å². The van der Waals surface area contributed by atoms with Crippen molar-refractivity contribution in [3.63, 3.8) is 0 Å². The maximum Gasteiger partial charge on any atom is 0.227 e. The number of ether oxygens (including phenoxy) is 2. The summed E-state index contributed by atoms with van der Waals surface area (Å²) in [6, 6.07) is 1.73. The summed E-state index contributed by atoms with van der Waals surface area (Å²) >= 11 is 0. The maximum atomic E-state index is 12.2. The predicted molar refractivity (Wildman–Crippen MR) is 80.5 cm³/mol. The number of carbonyl (C=O) groups excluding carboxylic acids is 1. The van der Waals surface area contributed by atoms with Crippen molar-refractivity contribution in [2.75, 3.05) is 13.2 Å². The van der Waals surface area contributed by atoms with Crippen LogP contribution >= 0.6 is 0 Å². The number of nitrogens with zero attached hydrogens (tertiary/aromatic N) is 2. The Labute approximate surface area is 130 Å². The van der Waals surface area contributed by atoms with E-state index in [0.29, 0.717) is 24.2 Å². The Bertz CT molecular complexity index is 538. The van der Waals surface area contributed by atoms with Gasteiger partial charge in [0.05, 0.1) is 31.3 Å². The van der Waals surface area contributed by atoms with Gasteiger partial charge in [-0.05, 0) is 32.1 Å². The second-order valence-corrected chi connectivity index (χ2v) is 6.28. The van der Waals surface area contributed by atoms with Crippen molar-refractivity contribution < 1.29 is 14.3 Å². The van der Waals surface area contributed by atoms with Crippen molar-refractivity contribution in [3.8, 4) is 5.88 Å². The molecule has 2 aliphatic heterocycles. The third-order valence-corrected chi connectivity index (χ3v) is 4.49. The van der Waals surface area contributed by atoms with E-state index in [0.717, 1.165) is 25.9 Å². The summed E-state index contributed by atoms with van der Waals surface area (Å²) < 4.78 is 11.3. The molecule has 1 atom stereocenters. The molecule has 1 aromatic rings. The zero-order chi connectivity index (χ0) is 15.6. The Morgan fingerprint density at radius 1 is 1.59 bits per heavy atom. The van der Waals surface area contributed by atoms with E-state index < -0.39 is 0 Å². The standard InChI is InChI=1S/C16H23N3O3/c1-3-6-21-15-4-5-17-13(19-15)7-14(20)18-11(2)16-8-12(9-16)10-22-16/h4-5,11-12H,3,6-10H2,1-2H3,(H,18,20). The molecule has 1 amide bonds. The van der Waals surface area contributed by atoms with Gasteiger partial charge >= 0.3 is 0 Å². The molecule has 4 rings (SSSR count). The van der Waals surface area contributed by atoms with E-state index in [4.69, 9.17) is 9.47 Å². The highest BCUT2D eigenvalue weighted by Gasteiger charge is 2.55. The third kappa shape index (κ3) is 3.06. The fourth-order valence-electron chi connectivity index (χ4n) is 3.24. The van der Waals surface area contributed by atoms with Crippen molar-refractivity contribution >= 4 is 5.91 Å².